The van der Waals surface area contributed by atoms with Crippen LogP contribution in [0.2, 0.25) is 0 Å². The molecular weight excluding hydrogens is 227 g/mol. The fourth-order valence-electron chi connectivity index (χ4n) is 1.68. The molecule has 5 heteroatoms. The number of hydrogen-bond acceptors (Lipinski definition) is 3. The van der Waals surface area contributed by atoms with E-state index in [0.29, 0.717) is 30.9 Å². The second kappa shape index (κ2) is 5.03. The minimum Gasteiger partial charge on any atom is -0.489 e. The minimum atomic E-state index is -0.905. The number of rotatable bonds is 3. The Hall–Kier alpha value is -1.78. The summed E-state index contributed by atoms with van der Waals surface area (Å²) < 4.78 is 24.3. The zero-order chi connectivity index (χ0) is 12.3. The second-order valence-electron chi connectivity index (χ2n) is 3.85. The van der Waals surface area contributed by atoms with Gasteiger partial charge in [-0.3, -0.25) is 4.79 Å². The molecule has 0 bridgehead atoms. The lowest BCUT2D eigenvalue weighted by atomic mass is 10.1. The number of ether oxygens (including phenoxy) is 2. The molecule has 1 aromatic carbocycles. The van der Waals surface area contributed by atoms with Crippen molar-refractivity contribution in [3.8, 4) is 11.5 Å². The molecule has 0 aliphatic carbocycles. The van der Waals surface area contributed by atoms with E-state index in [-0.39, 0.29) is 18.6 Å². The summed E-state index contributed by atoms with van der Waals surface area (Å²) >= 11 is 0. The Morgan fingerprint density at radius 3 is 2.88 bits per heavy atom. The number of aryl methyl sites for hydroxylation is 1. The number of benzene rings is 1. The van der Waals surface area contributed by atoms with Crippen LogP contribution in [-0.2, 0) is 11.2 Å². The van der Waals surface area contributed by atoms with E-state index in [1.165, 1.54) is 6.07 Å². The summed E-state index contributed by atoms with van der Waals surface area (Å²) in [6.45, 7) is 0.910. The summed E-state index contributed by atoms with van der Waals surface area (Å²) in [5.41, 5.74) is 0.606. The number of carboxylic acids is 1. The van der Waals surface area contributed by atoms with Gasteiger partial charge in [0.15, 0.2) is 17.3 Å². The molecule has 1 aromatic rings. The van der Waals surface area contributed by atoms with Gasteiger partial charge in [0.05, 0.1) is 13.2 Å². The highest BCUT2D eigenvalue weighted by Gasteiger charge is 2.16. The third-order valence-electron chi connectivity index (χ3n) is 2.49. The zero-order valence-electron chi connectivity index (χ0n) is 9.24. The highest BCUT2D eigenvalue weighted by molar-refractivity contribution is 5.67. The Balaban J connectivity index is 2.22. The molecule has 0 aromatic heterocycles. The van der Waals surface area contributed by atoms with Gasteiger partial charge in [-0.15, -0.1) is 0 Å². The van der Waals surface area contributed by atoms with Gasteiger partial charge < -0.3 is 14.6 Å². The van der Waals surface area contributed by atoms with Crippen LogP contribution >= 0.6 is 0 Å². The standard InChI is InChI=1S/C12H13FO4/c13-9-6-8(2-3-11(14)15)7-10-12(9)17-5-1-4-16-10/h6-7H,1-5H2,(H,14,15). The van der Waals surface area contributed by atoms with Crippen molar-refractivity contribution >= 4 is 5.97 Å². The van der Waals surface area contributed by atoms with Gasteiger partial charge in [0.25, 0.3) is 0 Å². The van der Waals surface area contributed by atoms with Gasteiger partial charge in [-0.05, 0) is 24.1 Å². The fraction of sp³-hybridized carbons (Fsp3) is 0.417. The van der Waals surface area contributed by atoms with Crippen LogP contribution in [0.15, 0.2) is 12.1 Å². The fourth-order valence-corrected chi connectivity index (χ4v) is 1.68. The first kappa shape index (κ1) is 11.7. The molecule has 1 aliphatic rings. The number of carboxylic acid groups (broad SMARTS) is 1. The van der Waals surface area contributed by atoms with E-state index in [9.17, 15) is 9.18 Å². The normalized spacial score (nSPS) is 14.2. The number of halogens is 1. The molecule has 0 amide bonds. The Morgan fingerprint density at radius 1 is 1.35 bits per heavy atom. The molecule has 0 saturated carbocycles. The summed E-state index contributed by atoms with van der Waals surface area (Å²) in [6.07, 6.45) is 0.959. The van der Waals surface area contributed by atoms with Crippen LogP contribution in [0.25, 0.3) is 0 Å². The first-order valence-corrected chi connectivity index (χ1v) is 5.46. The van der Waals surface area contributed by atoms with Crippen molar-refractivity contribution in [2.45, 2.75) is 19.3 Å². The SMILES string of the molecule is O=C(O)CCc1cc(F)c2c(c1)OCCCO2. The van der Waals surface area contributed by atoms with Gasteiger partial charge in [0.2, 0.25) is 0 Å². The zero-order valence-corrected chi connectivity index (χ0v) is 9.24. The van der Waals surface area contributed by atoms with Gasteiger partial charge in [-0.1, -0.05) is 0 Å². The molecule has 1 aliphatic heterocycles. The van der Waals surface area contributed by atoms with Crippen LogP contribution in [-0.4, -0.2) is 24.3 Å². The van der Waals surface area contributed by atoms with E-state index in [4.69, 9.17) is 14.6 Å². The van der Waals surface area contributed by atoms with Gasteiger partial charge in [-0.2, -0.15) is 0 Å². The van der Waals surface area contributed by atoms with Crippen LogP contribution in [0.4, 0.5) is 4.39 Å². The molecule has 1 N–H and O–H groups in total. The van der Waals surface area contributed by atoms with E-state index in [2.05, 4.69) is 0 Å². The Morgan fingerprint density at radius 2 is 2.12 bits per heavy atom. The van der Waals surface area contributed by atoms with Crippen LogP contribution in [0.5, 0.6) is 11.5 Å². The molecule has 0 spiro atoms. The highest BCUT2D eigenvalue weighted by Crippen LogP contribution is 2.33. The average Bonchev–Trinajstić information content (AvgIpc) is 2.51. The molecule has 0 fully saturated rings. The van der Waals surface area contributed by atoms with Crippen molar-refractivity contribution in [1.82, 2.24) is 0 Å². The van der Waals surface area contributed by atoms with Crippen molar-refractivity contribution in [3.63, 3.8) is 0 Å². The quantitative estimate of drug-likeness (QED) is 0.878. The van der Waals surface area contributed by atoms with Crippen molar-refractivity contribution in [2.75, 3.05) is 13.2 Å². The molecule has 17 heavy (non-hydrogen) atoms. The Kier molecular flexibility index (Phi) is 3.46. The highest BCUT2D eigenvalue weighted by atomic mass is 19.1. The van der Waals surface area contributed by atoms with Crippen molar-refractivity contribution in [1.29, 1.82) is 0 Å². The molecule has 0 saturated heterocycles. The summed E-state index contributed by atoms with van der Waals surface area (Å²) in [6, 6.07) is 2.95. The van der Waals surface area contributed by atoms with Crippen LogP contribution in [0.1, 0.15) is 18.4 Å². The van der Waals surface area contributed by atoms with Crippen molar-refractivity contribution in [2.24, 2.45) is 0 Å². The van der Waals surface area contributed by atoms with E-state index in [1.54, 1.807) is 6.07 Å². The first-order valence-electron chi connectivity index (χ1n) is 5.46. The maximum Gasteiger partial charge on any atom is 0.303 e. The van der Waals surface area contributed by atoms with Gasteiger partial charge in [0, 0.05) is 12.8 Å². The molecule has 92 valence electrons. The Labute approximate surface area is 98.0 Å². The maximum absolute atomic E-state index is 13.7. The monoisotopic (exact) mass is 240 g/mol. The van der Waals surface area contributed by atoms with Crippen molar-refractivity contribution in [3.05, 3.63) is 23.5 Å². The number of aliphatic carboxylic acids is 1. The maximum atomic E-state index is 13.7. The van der Waals surface area contributed by atoms with E-state index in [1.807, 2.05) is 0 Å². The molecule has 1 heterocycles. The lowest BCUT2D eigenvalue weighted by molar-refractivity contribution is -0.136. The number of carbonyl (C=O) groups is 1. The summed E-state index contributed by atoms with van der Waals surface area (Å²) in [7, 11) is 0. The summed E-state index contributed by atoms with van der Waals surface area (Å²) in [5.74, 6) is -0.910. The number of fused-ring (bicyclic) bond motifs is 1. The molecule has 4 nitrogen and oxygen atoms in total. The number of hydrogen-bond donors (Lipinski definition) is 1. The third-order valence-corrected chi connectivity index (χ3v) is 2.49. The van der Waals surface area contributed by atoms with E-state index in [0.717, 1.165) is 0 Å². The molecule has 2 rings (SSSR count). The van der Waals surface area contributed by atoms with Gasteiger partial charge in [0.1, 0.15) is 0 Å². The van der Waals surface area contributed by atoms with Gasteiger partial charge in [-0.25, -0.2) is 4.39 Å². The van der Waals surface area contributed by atoms with E-state index >= 15 is 0 Å². The average molecular weight is 240 g/mol. The summed E-state index contributed by atoms with van der Waals surface area (Å²) in [4.78, 5) is 10.5. The largest absolute Gasteiger partial charge is 0.489 e. The predicted octanol–water partition coefficient (Wildman–Crippen LogP) is 2.00. The summed E-state index contributed by atoms with van der Waals surface area (Å²) in [5, 5.41) is 8.58. The van der Waals surface area contributed by atoms with Crippen molar-refractivity contribution < 1.29 is 23.8 Å². The molecular formula is C12H13FO4. The third kappa shape index (κ3) is 2.87. The lowest BCUT2D eigenvalue weighted by Crippen LogP contribution is -2.00. The van der Waals surface area contributed by atoms with E-state index < -0.39 is 11.8 Å². The first-order chi connectivity index (χ1) is 8.16. The smallest absolute Gasteiger partial charge is 0.303 e. The molecule has 0 radical (unpaired) electrons. The molecule has 0 atom stereocenters. The minimum absolute atomic E-state index is 0.0287. The van der Waals surface area contributed by atoms with Crippen LogP contribution in [0, 0.1) is 5.82 Å². The lowest BCUT2D eigenvalue weighted by Gasteiger charge is -2.10. The van der Waals surface area contributed by atoms with Crippen LogP contribution in [0.3, 0.4) is 0 Å². The topological polar surface area (TPSA) is 55.8 Å². The van der Waals surface area contributed by atoms with Gasteiger partial charge >= 0.3 is 5.97 Å². The Bertz CT molecular complexity index is 431. The van der Waals surface area contributed by atoms with Crippen LogP contribution < -0.4 is 9.47 Å². The second-order valence-corrected chi connectivity index (χ2v) is 3.85. The predicted molar refractivity (Wildman–Crippen MR) is 58.0 cm³/mol. The molecule has 0 unspecified atom stereocenters.